The molecule has 2 aliphatic rings. The summed E-state index contributed by atoms with van der Waals surface area (Å²) in [6, 6.07) is 7.22. The highest BCUT2D eigenvalue weighted by atomic mass is 16.5. The molecule has 0 unspecified atom stereocenters. The molecule has 2 aliphatic carbocycles. The minimum Gasteiger partial charge on any atom is -0.497 e. The molecule has 0 spiro atoms. The van der Waals surface area contributed by atoms with Gasteiger partial charge in [-0.3, -0.25) is 4.79 Å². The summed E-state index contributed by atoms with van der Waals surface area (Å²) in [6.45, 7) is 4.41. The monoisotopic (exact) mass is 458 g/mol. The molecule has 0 heterocycles. The molecule has 0 aliphatic heterocycles. The van der Waals surface area contributed by atoms with E-state index in [1.165, 1.54) is 5.57 Å². The van der Waals surface area contributed by atoms with Crippen molar-refractivity contribution in [2.75, 3.05) is 7.11 Å². The number of benzene rings is 1. The van der Waals surface area contributed by atoms with Crippen LogP contribution >= 0.6 is 0 Å². The first kappa shape index (κ1) is 25.5. The number of carbonyl (C=O) groups excluding carboxylic acids is 1. The van der Waals surface area contributed by atoms with E-state index in [-0.39, 0.29) is 37.4 Å². The summed E-state index contributed by atoms with van der Waals surface area (Å²) in [5.74, 6) is 1.28. The maximum Gasteiger partial charge on any atom is 0.308 e. The lowest BCUT2D eigenvalue weighted by Crippen LogP contribution is -2.38. The first-order valence-corrected chi connectivity index (χ1v) is 12.0. The summed E-state index contributed by atoms with van der Waals surface area (Å²) < 4.78 is 10.3. The third-order valence-corrected chi connectivity index (χ3v) is 6.96. The highest BCUT2D eigenvalue weighted by Gasteiger charge is 2.38. The van der Waals surface area contributed by atoms with Gasteiger partial charge in [0.15, 0.2) is 0 Å². The van der Waals surface area contributed by atoms with Gasteiger partial charge in [0.2, 0.25) is 0 Å². The molecule has 3 rings (SSSR count). The Kier molecular flexibility index (Phi) is 9.12. The highest BCUT2D eigenvalue weighted by molar-refractivity contribution is 5.69. The van der Waals surface area contributed by atoms with Gasteiger partial charge in [0.1, 0.15) is 12.4 Å². The quantitative estimate of drug-likeness (QED) is 0.462. The minimum absolute atomic E-state index is 0.103. The van der Waals surface area contributed by atoms with Gasteiger partial charge in [0.25, 0.3) is 0 Å². The largest absolute Gasteiger partial charge is 0.497 e. The SMILES string of the molecule is COc1ccc(COC(=O)C[C@H](O)C[C@H](O)CC[C@@H]2[C@@H]3C(=C[C@H](C)C[C@@H]3O)C=C[C@@H]2C)cc1. The molecule has 182 valence electrons. The molecule has 0 radical (unpaired) electrons. The molecule has 6 heteroatoms. The molecule has 0 saturated carbocycles. The van der Waals surface area contributed by atoms with E-state index >= 15 is 0 Å². The lowest BCUT2D eigenvalue weighted by molar-refractivity contribution is -0.147. The maximum absolute atomic E-state index is 12.1. The number of ether oxygens (including phenoxy) is 2. The molecule has 0 bridgehead atoms. The Labute approximate surface area is 196 Å². The van der Waals surface area contributed by atoms with Gasteiger partial charge in [0, 0.05) is 5.92 Å². The summed E-state index contributed by atoms with van der Waals surface area (Å²) in [7, 11) is 1.59. The van der Waals surface area contributed by atoms with Crippen molar-refractivity contribution in [3.05, 3.63) is 53.6 Å². The summed E-state index contributed by atoms with van der Waals surface area (Å²) in [5.41, 5.74) is 2.04. The molecule has 6 nitrogen and oxygen atoms in total. The van der Waals surface area contributed by atoms with E-state index < -0.39 is 18.2 Å². The van der Waals surface area contributed by atoms with Crippen molar-refractivity contribution in [2.45, 2.75) is 70.9 Å². The highest BCUT2D eigenvalue weighted by Crippen LogP contribution is 2.43. The maximum atomic E-state index is 12.1. The van der Waals surface area contributed by atoms with Crippen LogP contribution in [0.1, 0.15) is 51.5 Å². The van der Waals surface area contributed by atoms with Crippen LogP contribution in [0.4, 0.5) is 0 Å². The Balaban J connectivity index is 1.42. The van der Waals surface area contributed by atoms with E-state index in [9.17, 15) is 20.1 Å². The Morgan fingerprint density at radius 1 is 1.15 bits per heavy atom. The molecular formula is C27H38O6. The number of allylic oxidation sites excluding steroid dienone is 3. The second-order valence-corrected chi connectivity index (χ2v) is 9.69. The summed E-state index contributed by atoms with van der Waals surface area (Å²) >= 11 is 0. The third-order valence-electron chi connectivity index (χ3n) is 6.96. The van der Waals surface area contributed by atoms with Gasteiger partial charge in [-0.2, -0.15) is 0 Å². The molecule has 1 aromatic rings. The van der Waals surface area contributed by atoms with Crippen molar-refractivity contribution < 1.29 is 29.6 Å². The lowest BCUT2D eigenvalue weighted by Gasteiger charge is -2.41. The fourth-order valence-electron chi connectivity index (χ4n) is 5.17. The number of methoxy groups -OCH3 is 1. The number of rotatable bonds is 10. The van der Waals surface area contributed by atoms with Gasteiger partial charge in [0.05, 0.1) is 31.8 Å². The Hall–Kier alpha value is -2.15. The average molecular weight is 459 g/mol. The zero-order chi connectivity index (χ0) is 24.0. The van der Waals surface area contributed by atoms with Gasteiger partial charge in [-0.05, 0) is 66.7 Å². The van der Waals surface area contributed by atoms with Gasteiger partial charge >= 0.3 is 5.97 Å². The van der Waals surface area contributed by atoms with Crippen LogP contribution in [-0.2, 0) is 16.1 Å². The molecule has 0 saturated heterocycles. The number of hydrogen-bond acceptors (Lipinski definition) is 6. The van der Waals surface area contributed by atoms with E-state index in [0.29, 0.717) is 18.3 Å². The van der Waals surface area contributed by atoms with E-state index in [2.05, 4.69) is 32.1 Å². The van der Waals surface area contributed by atoms with E-state index in [0.717, 1.165) is 24.2 Å². The number of esters is 1. The summed E-state index contributed by atoms with van der Waals surface area (Å²) in [6.07, 6.45) is 6.59. The summed E-state index contributed by atoms with van der Waals surface area (Å²) in [4.78, 5) is 12.1. The molecule has 0 amide bonds. The number of fused-ring (bicyclic) bond motifs is 1. The zero-order valence-corrected chi connectivity index (χ0v) is 19.9. The van der Waals surface area contributed by atoms with Crippen molar-refractivity contribution in [3.63, 3.8) is 0 Å². The fourth-order valence-corrected chi connectivity index (χ4v) is 5.17. The van der Waals surface area contributed by atoms with Crippen LogP contribution in [0.3, 0.4) is 0 Å². The molecule has 7 atom stereocenters. The first-order chi connectivity index (χ1) is 15.8. The number of hydrogen-bond donors (Lipinski definition) is 3. The normalized spacial score (nSPS) is 28.4. The second-order valence-electron chi connectivity index (χ2n) is 9.69. The van der Waals surface area contributed by atoms with Crippen molar-refractivity contribution in [2.24, 2.45) is 23.7 Å². The van der Waals surface area contributed by atoms with Crippen molar-refractivity contribution in [1.29, 1.82) is 0 Å². The van der Waals surface area contributed by atoms with Crippen molar-refractivity contribution in [3.8, 4) is 5.75 Å². The Bertz CT molecular complexity index is 830. The van der Waals surface area contributed by atoms with Crippen LogP contribution < -0.4 is 4.74 Å². The molecule has 1 aromatic carbocycles. The van der Waals surface area contributed by atoms with Crippen LogP contribution in [0.25, 0.3) is 0 Å². The number of carbonyl (C=O) groups is 1. The minimum atomic E-state index is -0.955. The predicted molar refractivity (Wildman–Crippen MR) is 126 cm³/mol. The number of aliphatic hydroxyl groups is 3. The van der Waals surface area contributed by atoms with E-state index in [1.807, 2.05) is 12.1 Å². The number of aliphatic hydroxyl groups excluding tert-OH is 3. The van der Waals surface area contributed by atoms with Crippen LogP contribution in [0, 0.1) is 23.7 Å². The zero-order valence-electron chi connectivity index (χ0n) is 19.9. The lowest BCUT2D eigenvalue weighted by atomic mass is 9.65. The molecule has 0 fully saturated rings. The van der Waals surface area contributed by atoms with Crippen molar-refractivity contribution >= 4 is 5.97 Å². The van der Waals surface area contributed by atoms with Gasteiger partial charge in [-0.25, -0.2) is 0 Å². The van der Waals surface area contributed by atoms with Crippen LogP contribution in [-0.4, -0.2) is 46.7 Å². The fraction of sp³-hybridized carbons (Fsp3) is 0.593. The van der Waals surface area contributed by atoms with E-state index in [1.54, 1.807) is 19.2 Å². The standard InChI is InChI=1S/C27H38O6/c1-17-12-20-7-4-18(2)24(27(20)25(30)13-17)11-8-21(28)14-22(29)15-26(31)33-16-19-5-9-23(32-3)10-6-19/h4-7,9-10,12,17-18,21-22,24-25,27-30H,8,11,13-16H2,1-3H3/t17-,18-,21+,22+,24-,25-,27-/m0/s1. The van der Waals surface area contributed by atoms with Crippen molar-refractivity contribution in [1.82, 2.24) is 0 Å². The van der Waals surface area contributed by atoms with Gasteiger partial charge < -0.3 is 24.8 Å². The van der Waals surface area contributed by atoms with Gasteiger partial charge in [-0.15, -0.1) is 0 Å². The van der Waals surface area contributed by atoms with E-state index in [4.69, 9.17) is 9.47 Å². The molecule has 0 aromatic heterocycles. The Morgan fingerprint density at radius 2 is 1.88 bits per heavy atom. The molecule has 3 N–H and O–H groups in total. The van der Waals surface area contributed by atoms with Gasteiger partial charge in [-0.1, -0.05) is 44.2 Å². The smallest absolute Gasteiger partial charge is 0.308 e. The topological polar surface area (TPSA) is 96.2 Å². The van der Waals surface area contributed by atoms with Crippen LogP contribution in [0.15, 0.2) is 48.1 Å². The summed E-state index contributed by atoms with van der Waals surface area (Å²) in [5, 5.41) is 31.5. The first-order valence-electron chi connectivity index (χ1n) is 12.0. The third kappa shape index (κ3) is 7.16. The van der Waals surface area contributed by atoms with Crippen LogP contribution in [0.2, 0.25) is 0 Å². The Morgan fingerprint density at radius 3 is 2.58 bits per heavy atom. The molecular weight excluding hydrogens is 420 g/mol. The average Bonchev–Trinajstić information content (AvgIpc) is 2.77. The van der Waals surface area contributed by atoms with Crippen LogP contribution in [0.5, 0.6) is 5.75 Å². The second kappa shape index (κ2) is 11.8. The molecule has 33 heavy (non-hydrogen) atoms. The predicted octanol–water partition coefficient (Wildman–Crippen LogP) is 3.79.